The van der Waals surface area contributed by atoms with Crippen LogP contribution >= 0.6 is 0 Å². The molecule has 0 aromatic heterocycles. The first-order valence-electron chi connectivity index (χ1n) is 6.38. The Bertz CT molecular complexity index is 698. The van der Waals surface area contributed by atoms with E-state index < -0.39 is 17.7 Å². The summed E-state index contributed by atoms with van der Waals surface area (Å²) < 4.78 is 23.3. The number of halogens is 1. The van der Waals surface area contributed by atoms with Crippen molar-refractivity contribution in [1.82, 2.24) is 0 Å². The number of ether oxygens (including phenoxy) is 2. The number of hydrogen-bond donors (Lipinski definition) is 1. The Kier molecular flexibility index (Phi) is 4.73. The van der Waals surface area contributed by atoms with E-state index in [1.807, 2.05) is 0 Å². The zero-order valence-corrected chi connectivity index (χ0v) is 12.1. The standard InChI is InChI=1S/C16H14FNO4/c1-21-12-7-8-13(14(17)9-12)15(19)18-11-5-3-10(4-6-11)16(20)22-2/h3-9H,1-2H3,(H,18,19). The van der Waals surface area contributed by atoms with Crippen molar-refractivity contribution in [3.8, 4) is 5.75 Å². The summed E-state index contributed by atoms with van der Waals surface area (Å²) in [7, 11) is 2.70. The van der Waals surface area contributed by atoms with Crippen LogP contribution in [0, 0.1) is 5.82 Å². The Hall–Kier alpha value is -2.89. The molecule has 0 heterocycles. The fraction of sp³-hybridized carbons (Fsp3) is 0.125. The van der Waals surface area contributed by atoms with Crippen molar-refractivity contribution in [2.45, 2.75) is 0 Å². The van der Waals surface area contributed by atoms with Crippen LogP contribution in [0.5, 0.6) is 5.75 Å². The predicted molar refractivity (Wildman–Crippen MR) is 78.7 cm³/mol. The summed E-state index contributed by atoms with van der Waals surface area (Å²) in [6, 6.07) is 10.1. The van der Waals surface area contributed by atoms with Gasteiger partial charge in [-0.2, -0.15) is 0 Å². The second-order valence-corrected chi connectivity index (χ2v) is 4.37. The molecule has 2 aromatic rings. The molecule has 1 N–H and O–H groups in total. The first kappa shape index (κ1) is 15.5. The third-order valence-electron chi connectivity index (χ3n) is 2.98. The van der Waals surface area contributed by atoms with E-state index in [-0.39, 0.29) is 5.56 Å². The Morgan fingerprint density at radius 2 is 1.73 bits per heavy atom. The molecule has 5 nitrogen and oxygen atoms in total. The van der Waals surface area contributed by atoms with E-state index in [2.05, 4.69) is 10.1 Å². The summed E-state index contributed by atoms with van der Waals surface area (Å²) in [5, 5.41) is 2.55. The molecule has 0 bridgehead atoms. The fourth-order valence-electron chi connectivity index (χ4n) is 1.81. The molecule has 0 unspecified atom stereocenters. The molecule has 0 spiro atoms. The van der Waals surface area contributed by atoms with Crippen molar-refractivity contribution in [3.05, 3.63) is 59.4 Å². The molecule has 0 atom stereocenters. The zero-order valence-electron chi connectivity index (χ0n) is 12.1. The number of carbonyl (C=O) groups excluding carboxylic acids is 2. The molecular formula is C16H14FNO4. The maximum Gasteiger partial charge on any atom is 0.337 e. The molecule has 0 fully saturated rings. The molecule has 0 aliphatic carbocycles. The van der Waals surface area contributed by atoms with Crippen molar-refractivity contribution >= 4 is 17.6 Å². The molecular weight excluding hydrogens is 289 g/mol. The fourth-order valence-corrected chi connectivity index (χ4v) is 1.81. The van der Waals surface area contributed by atoms with E-state index in [0.717, 1.165) is 6.07 Å². The first-order valence-corrected chi connectivity index (χ1v) is 6.38. The van der Waals surface area contributed by atoms with Crippen LogP contribution in [0.15, 0.2) is 42.5 Å². The molecule has 1 amide bonds. The van der Waals surface area contributed by atoms with Crippen molar-refractivity contribution in [2.24, 2.45) is 0 Å². The van der Waals surface area contributed by atoms with Crippen LogP contribution in [0.3, 0.4) is 0 Å². The lowest BCUT2D eigenvalue weighted by molar-refractivity contribution is 0.0600. The lowest BCUT2D eigenvalue weighted by Gasteiger charge is -2.08. The van der Waals surface area contributed by atoms with Crippen molar-refractivity contribution in [2.75, 3.05) is 19.5 Å². The molecule has 114 valence electrons. The number of esters is 1. The predicted octanol–water partition coefficient (Wildman–Crippen LogP) is 2.87. The van der Waals surface area contributed by atoms with Crippen molar-refractivity contribution in [1.29, 1.82) is 0 Å². The zero-order chi connectivity index (χ0) is 16.1. The van der Waals surface area contributed by atoms with Crippen LogP contribution in [-0.2, 0) is 4.74 Å². The summed E-state index contributed by atoms with van der Waals surface area (Å²) in [6.45, 7) is 0. The lowest BCUT2D eigenvalue weighted by atomic mass is 10.1. The normalized spacial score (nSPS) is 9.95. The molecule has 6 heteroatoms. The highest BCUT2D eigenvalue weighted by Crippen LogP contribution is 2.18. The number of amides is 1. The Morgan fingerprint density at radius 1 is 1.05 bits per heavy atom. The Labute approximate surface area is 126 Å². The van der Waals surface area contributed by atoms with E-state index >= 15 is 0 Å². The smallest absolute Gasteiger partial charge is 0.337 e. The maximum absolute atomic E-state index is 13.8. The minimum Gasteiger partial charge on any atom is -0.497 e. The highest BCUT2D eigenvalue weighted by molar-refractivity contribution is 6.04. The van der Waals surface area contributed by atoms with Gasteiger partial charge in [0, 0.05) is 11.8 Å². The Balaban J connectivity index is 2.13. The highest BCUT2D eigenvalue weighted by atomic mass is 19.1. The number of carbonyl (C=O) groups is 2. The van der Waals surface area contributed by atoms with E-state index in [4.69, 9.17) is 4.74 Å². The molecule has 2 rings (SSSR count). The van der Waals surface area contributed by atoms with Gasteiger partial charge in [0.1, 0.15) is 11.6 Å². The maximum atomic E-state index is 13.8. The minimum absolute atomic E-state index is 0.0992. The van der Waals surface area contributed by atoms with Gasteiger partial charge in [-0.05, 0) is 36.4 Å². The van der Waals surface area contributed by atoms with Gasteiger partial charge >= 0.3 is 5.97 Å². The number of rotatable bonds is 4. The van der Waals surface area contributed by atoms with E-state index in [9.17, 15) is 14.0 Å². The van der Waals surface area contributed by atoms with Gasteiger partial charge in [-0.15, -0.1) is 0 Å². The summed E-state index contributed by atoms with van der Waals surface area (Å²) in [4.78, 5) is 23.3. The van der Waals surface area contributed by atoms with Crippen molar-refractivity contribution < 1.29 is 23.5 Å². The Morgan fingerprint density at radius 3 is 2.27 bits per heavy atom. The minimum atomic E-state index is -0.678. The van der Waals surface area contributed by atoms with Gasteiger partial charge < -0.3 is 14.8 Å². The number of nitrogens with one attached hydrogen (secondary N) is 1. The molecule has 22 heavy (non-hydrogen) atoms. The second kappa shape index (κ2) is 6.71. The highest BCUT2D eigenvalue weighted by Gasteiger charge is 2.13. The molecule has 0 radical (unpaired) electrons. The summed E-state index contributed by atoms with van der Waals surface area (Å²) in [6.07, 6.45) is 0. The third kappa shape index (κ3) is 3.41. The SMILES string of the molecule is COC(=O)c1ccc(NC(=O)c2ccc(OC)cc2F)cc1. The number of benzene rings is 2. The van der Waals surface area contributed by atoms with E-state index in [1.165, 1.54) is 50.6 Å². The molecule has 0 saturated carbocycles. The first-order chi connectivity index (χ1) is 10.5. The topological polar surface area (TPSA) is 64.6 Å². The lowest BCUT2D eigenvalue weighted by Crippen LogP contribution is -2.14. The van der Waals surface area contributed by atoms with Crippen LogP contribution in [-0.4, -0.2) is 26.1 Å². The second-order valence-electron chi connectivity index (χ2n) is 4.37. The molecule has 0 aliphatic heterocycles. The van der Waals surface area contributed by atoms with E-state index in [1.54, 1.807) is 0 Å². The van der Waals surface area contributed by atoms with Gasteiger partial charge in [0.2, 0.25) is 0 Å². The van der Waals surface area contributed by atoms with Crippen LogP contribution in [0.25, 0.3) is 0 Å². The number of hydrogen-bond acceptors (Lipinski definition) is 4. The largest absolute Gasteiger partial charge is 0.497 e. The number of anilines is 1. The summed E-state index contributed by atoms with van der Waals surface area (Å²) >= 11 is 0. The van der Waals surface area contributed by atoms with Crippen molar-refractivity contribution in [3.63, 3.8) is 0 Å². The molecule has 2 aromatic carbocycles. The number of methoxy groups -OCH3 is 2. The van der Waals surface area contributed by atoms with Crippen LogP contribution in [0.4, 0.5) is 10.1 Å². The molecule has 0 saturated heterocycles. The van der Waals surface area contributed by atoms with Crippen LogP contribution in [0.2, 0.25) is 0 Å². The van der Waals surface area contributed by atoms with Gasteiger partial charge in [-0.3, -0.25) is 4.79 Å². The van der Waals surface area contributed by atoms with Gasteiger partial charge in [0.05, 0.1) is 25.3 Å². The van der Waals surface area contributed by atoms with E-state index in [0.29, 0.717) is 17.0 Å². The van der Waals surface area contributed by atoms with Crippen LogP contribution in [0.1, 0.15) is 20.7 Å². The summed E-state index contributed by atoms with van der Waals surface area (Å²) in [5.74, 6) is -1.41. The summed E-state index contributed by atoms with van der Waals surface area (Å²) in [5.41, 5.74) is 0.696. The van der Waals surface area contributed by atoms with Gasteiger partial charge in [-0.1, -0.05) is 0 Å². The van der Waals surface area contributed by atoms with Gasteiger partial charge in [0.25, 0.3) is 5.91 Å². The van der Waals surface area contributed by atoms with Gasteiger partial charge in [0.15, 0.2) is 0 Å². The average molecular weight is 303 g/mol. The van der Waals surface area contributed by atoms with Gasteiger partial charge in [-0.25, -0.2) is 9.18 Å². The quantitative estimate of drug-likeness (QED) is 0.882. The third-order valence-corrected chi connectivity index (χ3v) is 2.98. The molecule has 0 aliphatic rings. The average Bonchev–Trinajstić information content (AvgIpc) is 2.54. The monoisotopic (exact) mass is 303 g/mol. The van der Waals surface area contributed by atoms with Crippen LogP contribution < -0.4 is 10.1 Å².